The first kappa shape index (κ1) is 18.1. The quantitative estimate of drug-likeness (QED) is 0.742. The molecular weight excluding hydrogens is 298 g/mol. The first-order valence-electron chi connectivity index (χ1n) is 8.68. The smallest absolute Gasteiger partial charge is 0.251 e. The van der Waals surface area contributed by atoms with Crippen molar-refractivity contribution < 1.29 is 9.53 Å². The zero-order chi connectivity index (χ0) is 17.4. The van der Waals surface area contributed by atoms with Crippen LogP contribution >= 0.6 is 0 Å². The average molecular weight is 325 g/mol. The standard InChI is InChI=1S/C21H27NO2/c1-4-20(17-8-6-5-7-9-17)22-21(23)18-10-12-19(13-11-18)24-15-14-16(2)3/h5-13,16,20H,4,14-15H2,1-3H3,(H,22,23). The Morgan fingerprint density at radius 1 is 1.04 bits per heavy atom. The van der Waals surface area contributed by atoms with Crippen molar-refractivity contribution in [3.05, 3.63) is 65.7 Å². The van der Waals surface area contributed by atoms with E-state index in [4.69, 9.17) is 4.74 Å². The predicted molar refractivity (Wildman–Crippen MR) is 98.3 cm³/mol. The highest BCUT2D eigenvalue weighted by molar-refractivity contribution is 5.94. The molecule has 0 saturated carbocycles. The summed E-state index contributed by atoms with van der Waals surface area (Å²) in [5.41, 5.74) is 1.78. The minimum absolute atomic E-state index is 0.0284. The topological polar surface area (TPSA) is 38.3 Å². The molecule has 1 N–H and O–H groups in total. The molecule has 2 aromatic carbocycles. The van der Waals surface area contributed by atoms with Gasteiger partial charge in [0, 0.05) is 5.56 Å². The molecule has 0 aliphatic heterocycles. The molecule has 2 rings (SSSR count). The summed E-state index contributed by atoms with van der Waals surface area (Å²) in [6.45, 7) is 7.13. The van der Waals surface area contributed by atoms with E-state index in [2.05, 4.69) is 26.1 Å². The fourth-order valence-corrected chi connectivity index (χ4v) is 2.46. The van der Waals surface area contributed by atoms with Crippen molar-refractivity contribution in [1.82, 2.24) is 5.32 Å². The third-order valence-corrected chi connectivity index (χ3v) is 4.00. The minimum atomic E-state index is -0.0561. The van der Waals surface area contributed by atoms with E-state index in [1.807, 2.05) is 54.6 Å². The summed E-state index contributed by atoms with van der Waals surface area (Å²) in [5.74, 6) is 1.38. The summed E-state index contributed by atoms with van der Waals surface area (Å²) in [6, 6.07) is 17.4. The zero-order valence-electron chi connectivity index (χ0n) is 14.8. The molecule has 1 amide bonds. The fraction of sp³-hybridized carbons (Fsp3) is 0.381. The molecular formula is C21H27NO2. The maximum atomic E-state index is 12.5. The first-order chi connectivity index (χ1) is 11.6. The van der Waals surface area contributed by atoms with E-state index < -0.39 is 0 Å². The van der Waals surface area contributed by atoms with Gasteiger partial charge in [-0.25, -0.2) is 0 Å². The Bertz CT molecular complexity index is 620. The van der Waals surface area contributed by atoms with Gasteiger partial charge in [0.2, 0.25) is 0 Å². The van der Waals surface area contributed by atoms with Gasteiger partial charge in [0.25, 0.3) is 5.91 Å². The van der Waals surface area contributed by atoms with Crippen molar-refractivity contribution in [2.24, 2.45) is 5.92 Å². The average Bonchev–Trinajstić information content (AvgIpc) is 2.60. The number of ether oxygens (including phenoxy) is 1. The van der Waals surface area contributed by atoms with Crippen LogP contribution in [0.15, 0.2) is 54.6 Å². The second-order valence-corrected chi connectivity index (χ2v) is 6.40. The maximum Gasteiger partial charge on any atom is 0.251 e. The molecule has 0 radical (unpaired) electrons. The monoisotopic (exact) mass is 325 g/mol. The third-order valence-electron chi connectivity index (χ3n) is 4.00. The molecule has 0 aliphatic carbocycles. The van der Waals surface area contributed by atoms with E-state index in [1.54, 1.807) is 0 Å². The molecule has 3 nitrogen and oxygen atoms in total. The second kappa shape index (κ2) is 9.11. The van der Waals surface area contributed by atoms with Gasteiger partial charge in [-0.1, -0.05) is 51.1 Å². The summed E-state index contributed by atoms with van der Waals surface area (Å²) in [4.78, 5) is 12.5. The number of benzene rings is 2. The Labute approximate surface area is 145 Å². The van der Waals surface area contributed by atoms with Crippen molar-refractivity contribution >= 4 is 5.91 Å². The lowest BCUT2D eigenvalue weighted by Gasteiger charge is -2.17. The Hall–Kier alpha value is -2.29. The lowest BCUT2D eigenvalue weighted by atomic mass is 10.0. The van der Waals surface area contributed by atoms with E-state index >= 15 is 0 Å². The first-order valence-corrected chi connectivity index (χ1v) is 8.68. The van der Waals surface area contributed by atoms with Crippen molar-refractivity contribution in [3.63, 3.8) is 0 Å². The summed E-state index contributed by atoms with van der Waals surface area (Å²) in [6.07, 6.45) is 1.88. The van der Waals surface area contributed by atoms with Crippen LogP contribution in [0.1, 0.15) is 55.6 Å². The molecule has 128 valence electrons. The molecule has 1 atom stereocenters. The molecule has 0 bridgehead atoms. The van der Waals surface area contributed by atoms with Crippen LogP contribution in [0.5, 0.6) is 5.75 Å². The van der Waals surface area contributed by atoms with Crippen LogP contribution in [0.4, 0.5) is 0 Å². The Morgan fingerprint density at radius 2 is 1.71 bits per heavy atom. The van der Waals surface area contributed by atoms with Crippen molar-refractivity contribution in [2.75, 3.05) is 6.61 Å². The maximum absolute atomic E-state index is 12.5. The van der Waals surface area contributed by atoms with Crippen LogP contribution < -0.4 is 10.1 Å². The number of rotatable bonds is 8. The van der Waals surface area contributed by atoms with Gasteiger partial charge in [-0.2, -0.15) is 0 Å². The Morgan fingerprint density at radius 3 is 2.29 bits per heavy atom. The normalized spacial score (nSPS) is 12.0. The fourth-order valence-electron chi connectivity index (χ4n) is 2.46. The minimum Gasteiger partial charge on any atom is -0.494 e. The highest BCUT2D eigenvalue weighted by atomic mass is 16.5. The Kier molecular flexibility index (Phi) is 6.86. The van der Waals surface area contributed by atoms with E-state index in [-0.39, 0.29) is 11.9 Å². The number of carbonyl (C=O) groups is 1. The summed E-state index contributed by atoms with van der Waals surface area (Å²) < 4.78 is 5.69. The van der Waals surface area contributed by atoms with Crippen LogP contribution in [0.3, 0.4) is 0 Å². The van der Waals surface area contributed by atoms with Gasteiger partial charge in [0.15, 0.2) is 0 Å². The van der Waals surface area contributed by atoms with E-state index in [0.717, 1.165) is 24.2 Å². The lowest BCUT2D eigenvalue weighted by molar-refractivity contribution is 0.0935. The van der Waals surface area contributed by atoms with Gasteiger partial charge in [0.05, 0.1) is 12.6 Å². The molecule has 0 heterocycles. The van der Waals surface area contributed by atoms with Crippen LogP contribution in [0, 0.1) is 5.92 Å². The van der Waals surface area contributed by atoms with Crippen LogP contribution in [-0.4, -0.2) is 12.5 Å². The predicted octanol–water partition coefficient (Wildman–Crippen LogP) is 4.99. The largest absolute Gasteiger partial charge is 0.494 e. The number of hydrogen-bond acceptors (Lipinski definition) is 2. The van der Waals surface area contributed by atoms with Crippen LogP contribution in [0.2, 0.25) is 0 Å². The number of nitrogens with one attached hydrogen (secondary N) is 1. The highest BCUT2D eigenvalue weighted by Crippen LogP contribution is 2.18. The number of carbonyl (C=O) groups excluding carboxylic acids is 1. The van der Waals surface area contributed by atoms with Gasteiger partial charge >= 0.3 is 0 Å². The van der Waals surface area contributed by atoms with Gasteiger partial charge in [-0.15, -0.1) is 0 Å². The molecule has 0 fully saturated rings. The number of hydrogen-bond donors (Lipinski definition) is 1. The molecule has 2 aromatic rings. The van der Waals surface area contributed by atoms with Gasteiger partial charge in [-0.05, 0) is 48.6 Å². The second-order valence-electron chi connectivity index (χ2n) is 6.40. The van der Waals surface area contributed by atoms with Gasteiger partial charge in [-0.3, -0.25) is 4.79 Å². The Balaban J connectivity index is 1.94. The third kappa shape index (κ3) is 5.41. The van der Waals surface area contributed by atoms with E-state index in [1.165, 1.54) is 0 Å². The summed E-state index contributed by atoms with van der Waals surface area (Å²) in [7, 11) is 0. The molecule has 24 heavy (non-hydrogen) atoms. The van der Waals surface area contributed by atoms with Crippen molar-refractivity contribution in [2.45, 2.75) is 39.7 Å². The molecule has 0 aromatic heterocycles. The number of amides is 1. The van der Waals surface area contributed by atoms with Crippen LogP contribution in [-0.2, 0) is 0 Å². The van der Waals surface area contributed by atoms with E-state index in [0.29, 0.717) is 18.1 Å². The molecule has 0 saturated heterocycles. The van der Waals surface area contributed by atoms with Gasteiger partial charge in [0.1, 0.15) is 5.75 Å². The SMILES string of the molecule is CCC(NC(=O)c1ccc(OCCC(C)C)cc1)c1ccccc1. The zero-order valence-corrected chi connectivity index (χ0v) is 14.8. The molecule has 0 aliphatic rings. The summed E-state index contributed by atoms with van der Waals surface area (Å²) >= 11 is 0. The lowest BCUT2D eigenvalue weighted by Crippen LogP contribution is -2.28. The molecule has 0 spiro atoms. The highest BCUT2D eigenvalue weighted by Gasteiger charge is 2.13. The van der Waals surface area contributed by atoms with Gasteiger partial charge < -0.3 is 10.1 Å². The van der Waals surface area contributed by atoms with Crippen LogP contribution in [0.25, 0.3) is 0 Å². The van der Waals surface area contributed by atoms with Crippen molar-refractivity contribution in [3.8, 4) is 5.75 Å². The summed E-state index contributed by atoms with van der Waals surface area (Å²) in [5, 5.41) is 3.10. The van der Waals surface area contributed by atoms with Crippen molar-refractivity contribution in [1.29, 1.82) is 0 Å². The van der Waals surface area contributed by atoms with E-state index in [9.17, 15) is 4.79 Å². The molecule has 3 heteroatoms. The molecule has 1 unspecified atom stereocenters.